The number of ether oxygens (including phenoxy) is 1. The molecule has 100 valence electrons. The van der Waals surface area contributed by atoms with Gasteiger partial charge in [-0.1, -0.05) is 48.0 Å². The molecule has 2 heterocycles. The molecule has 2 aliphatic rings. The third-order valence-corrected chi connectivity index (χ3v) is 4.01. The van der Waals surface area contributed by atoms with Crippen LogP contribution < -0.4 is 4.74 Å². The standard InChI is InChI=1S/C17H16N2O/c1-12-6-8-13(9-7-12)15-10-16-14-4-2-3-5-17(14)20-11-19(16)18-15/h2-9,16H,10-11H2,1H3/t16-/m1/s1. The number of fused-ring (bicyclic) bond motifs is 3. The van der Waals surface area contributed by atoms with Crippen molar-refractivity contribution in [3.63, 3.8) is 0 Å². The van der Waals surface area contributed by atoms with Crippen LogP contribution in [0, 0.1) is 6.92 Å². The highest BCUT2D eigenvalue weighted by atomic mass is 16.5. The van der Waals surface area contributed by atoms with Gasteiger partial charge >= 0.3 is 0 Å². The predicted octanol–water partition coefficient (Wildman–Crippen LogP) is 3.50. The highest BCUT2D eigenvalue weighted by Gasteiger charge is 2.33. The molecular weight excluding hydrogens is 248 g/mol. The zero-order valence-electron chi connectivity index (χ0n) is 11.4. The van der Waals surface area contributed by atoms with Crippen molar-refractivity contribution in [2.45, 2.75) is 19.4 Å². The maximum Gasteiger partial charge on any atom is 0.177 e. The van der Waals surface area contributed by atoms with Crippen molar-refractivity contribution in [1.82, 2.24) is 5.01 Å². The fraction of sp³-hybridized carbons (Fsp3) is 0.235. The predicted molar refractivity (Wildman–Crippen MR) is 78.9 cm³/mol. The van der Waals surface area contributed by atoms with E-state index in [9.17, 15) is 0 Å². The normalized spacial score (nSPS) is 19.9. The topological polar surface area (TPSA) is 24.8 Å². The second kappa shape index (κ2) is 4.37. The van der Waals surface area contributed by atoms with Crippen molar-refractivity contribution < 1.29 is 4.74 Å². The van der Waals surface area contributed by atoms with Crippen molar-refractivity contribution in [3.8, 4) is 5.75 Å². The Labute approximate surface area is 118 Å². The van der Waals surface area contributed by atoms with Crippen molar-refractivity contribution in [3.05, 3.63) is 65.2 Å². The number of nitrogens with zero attached hydrogens (tertiary/aromatic N) is 2. The lowest BCUT2D eigenvalue weighted by Crippen LogP contribution is -2.29. The van der Waals surface area contributed by atoms with E-state index in [1.54, 1.807) is 0 Å². The average molecular weight is 264 g/mol. The molecular formula is C17H16N2O. The highest BCUT2D eigenvalue weighted by molar-refractivity contribution is 6.01. The van der Waals surface area contributed by atoms with Gasteiger partial charge in [-0.2, -0.15) is 5.10 Å². The van der Waals surface area contributed by atoms with E-state index in [0.717, 1.165) is 17.9 Å². The van der Waals surface area contributed by atoms with Gasteiger partial charge in [-0.05, 0) is 18.6 Å². The molecule has 2 aromatic rings. The molecule has 2 aliphatic heterocycles. The van der Waals surface area contributed by atoms with Crippen LogP contribution in [0.15, 0.2) is 53.6 Å². The third-order valence-electron chi connectivity index (χ3n) is 4.01. The summed E-state index contributed by atoms with van der Waals surface area (Å²) in [6.45, 7) is 2.64. The summed E-state index contributed by atoms with van der Waals surface area (Å²) in [6, 6.07) is 17.2. The Bertz CT molecular complexity index is 676. The van der Waals surface area contributed by atoms with E-state index in [-0.39, 0.29) is 0 Å². The van der Waals surface area contributed by atoms with Crippen LogP contribution in [0.4, 0.5) is 0 Å². The lowest BCUT2D eigenvalue weighted by molar-refractivity contribution is 0.0750. The van der Waals surface area contributed by atoms with Gasteiger partial charge in [0, 0.05) is 12.0 Å². The molecule has 0 bridgehead atoms. The van der Waals surface area contributed by atoms with Crippen LogP contribution >= 0.6 is 0 Å². The van der Waals surface area contributed by atoms with Gasteiger partial charge < -0.3 is 4.74 Å². The third kappa shape index (κ3) is 1.78. The molecule has 2 aromatic carbocycles. The van der Waals surface area contributed by atoms with Crippen molar-refractivity contribution >= 4 is 5.71 Å². The molecule has 0 aromatic heterocycles. The number of hydrogen-bond donors (Lipinski definition) is 0. The number of hydrazone groups is 1. The van der Waals surface area contributed by atoms with Crippen molar-refractivity contribution in [2.75, 3.05) is 6.73 Å². The second-order valence-corrected chi connectivity index (χ2v) is 5.38. The molecule has 0 fully saturated rings. The first-order valence-electron chi connectivity index (χ1n) is 6.94. The fourth-order valence-electron chi connectivity index (χ4n) is 2.89. The summed E-state index contributed by atoms with van der Waals surface area (Å²) in [5, 5.41) is 6.79. The Hall–Kier alpha value is -2.29. The molecule has 0 amide bonds. The van der Waals surface area contributed by atoms with Gasteiger partial charge in [-0.15, -0.1) is 0 Å². The molecule has 0 aliphatic carbocycles. The maximum atomic E-state index is 5.76. The molecule has 3 heteroatoms. The van der Waals surface area contributed by atoms with Crippen LogP contribution in [0.2, 0.25) is 0 Å². The monoisotopic (exact) mass is 264 g/mol. The number of aryl methyl sites for hydroxylation is 1. The average Bonchev–Trinajstić information content (AvgIpc) is 2.92. The second-order valence-electron chi connectivity index (χ2n) is 5.38. The van der Waals surface area contributed by atoms with E-state index < -0.39 is 0 Å². The first-order valence-corrected chi connectivity index (χ1v) is 6.94. The molecule has 0 saturated heterocycles. The lowest BCUT2D eigenvalue weighted by atomic mass is 9.97. The maximum absolute atomic E-state index is 5.76. The summed E-state index contributed by atoms with van der Waals surface area (Å²) in [5.41, 5.74) is 4.88. The Morgan fingerprint density at radius 1 is 1.10 bits per heavy atom. The lowest BCUT2D eigenvalue weighted by Gasteiger charge is -2.30. The van der Waals surface area contributed by atoms with E-state index in [1.807, 2.05) is 12.1 Å². The zero-order chi connectivity index (χ0) is 13.5. The van der Waals surface area contributed by atoms with Crippen LogP contribution in [0.25, 0.3) is 0 Å². The van der Waals surface area contributed by atoms with Gasteiger partial charge in [-0.25, -0.2) is 0 Å². The molecule has 1 atom stereocenters. The highest BCUT2D eigenvalue weighted by Crippen LogP contribution is 2.40. The minimum absolute atomic E-state index is 0.316. The summed E-state index contributed by atoms with van der Waals surface area (Å²) < 4.78 is 5.76. The largest absolute Gasteiger partial charge is 0.471 e. The Morgan fingerprint density at radius 3 is 2.75 bits per heavy atom. The summed E-state index contributed by atoms with van der Waals surface area (Å²) in [7, 11) is 0. The summed E-state index contributed by atoms with van der Waals surface area (Å²) >= 11 is 0. The van der Waals surface area contributed by atoms with E-state index in [4.69, 9.17) is 9.84 Å². The smallest absolute Gasteiger partial charge is 0.177 e. The van der Waals surface area contributed by atoms with Gasteiger partial charge in [0.15, 0.2) is 6.73 Å². The van der Waals surface area contributed by atoms with E-state index in [1.165, 1.54) is 16.7 Å². The Balaban J connectivity index is 1.67. The number of para-hydroxylation sites is 1. The first-order chi connectivity index (χ1) is 9.81. The van der Waals surface area contributed by atoms with Crippen LogP contribution in [0.1, 0.15) is 29.2 Å². The molecule has 0 unspecified atom stereocenters. The fourth-order valence-corrected chi connectivity index (χ4v) is 2.89. The van der Waals surface area contributed by atoms with Gasteiger partial charge in [0.05, 0.1) is 11.8 Å². The minimum atomic E-state index is 0.316. The van der Waals surface area contributed by atoms with Crippen molar-refractivity contribution in [2.24, 2.45) is 5.10 Å². The van der Waals surface area contributed by atoms with Gasteiger partial charge in [0.2, 0.25) is 0 Å². The summed E-state index contributed by atoms with van der Waals surface area (Å²) in [6.07, 6.45) is 0.948. The van der Waals surface area contributed by atoms with E-state index >= 15 is 0 Å². The van der Waals surface area contributed by atoms with Crippen molar-refractivity contribution in [1.29, 1.82) is 0 Å². The molecule has 20 heavy (non-hydrogen) atoms. The molecule has 3 nitrogen and oxygen atoms in total. The number of hydrogen-bond acceptors (Lipinski definition) is 3. The zero-order valence-corrected chi connectivity index (χ0v) is 11.4. The molecule has 0 N–H and O–H groups in total. The van der Waals surface area contributed by atoms with Crippen LogP contribution in [0.5, 0.6) is 5.75 Å². The Morgan fingerprint density at radius 2 is 1.90 bits per heavy atom. The quantitative estimate of drug-likeness (QED) is 0.787. The Kier molecular flexibility index (Phi) is 2.52. The van der Waals surface area contributed by atoms with Gasteiger partial charge in [-0.3, -0.25) is 5.01 Å². The SMILES string of the molecule is Cc1ccc(C2=NN3COc4ccccc4[C@H]3C2)cc1. The van der Waals surface area contributed by atoms with Gasteiger partial charge in [0.25, 0.3) is 0 Å². The summed E-state index contributed by atoms with van der Waals surface area (Å²) in [5.74, 6) is 0.995. The van der Waals surface area contributed by atoms with E-state index in [2.05, 4.69) is 48.3 Å². The summed E-state index contributed by atoms with van der Waals surface area (Å²) in [4.78, 5) is 0. The van der Waals surface area contributed by atoms with Crippen LogP contribution in [-0.2, 0) is 0 Å². The van der Waals surface area contributed by atoms with E-state index in [0.29, 0.717) is 12.8 Å². The number of rotatable bonds is 1. The molecule has 0 spiro atoms. The van der Waals surface area contributed by atoms with Crippen LogP contribution in [0.3, 0.4) is 0 Å². The molecule has 4 rings (SSSR count). The van der Waals surface area contributed by atoms with Gasteiger partial charge in [0.1, 0.15) is 5.75 Å². The van der Waals surface area contributed by atoms with Crippen LogP contribution in [-0.4, -0.2) is 17.5 Å². The molecule has 0 saturated carbocycles. The number of benzene rings is 2. The minimum Gasteiger partial charge on any atom is -0.471 e. The first kappa shape index (κ1) is 11.5. The molecule has 0 radical (unpaired) electrons.